The average molecular weight is 400 g/mol. The topological polar surface area (TPSA) is 35.0 Å². The van der Waals surface area contributed by atoms with Gasteiger partial charge in [0.2, 0.25) is 0 Å². The Morgan fingerprint density at radius 2 is 1.83 bits per heavy atom. The van der Waals surface area contributed by atoms with Crippen LogP contribution in [0.2, 0.25) is 0 Å². The smallest absolute Gasteiger partial charge is 0.119 e. The van der Waals surface area contributed by atoms with Crippen molar-refractivity contribution in [2.75, 3.05) is 6.61 Å². The second-order valence-corrected chi connectivity index (χ2v) is 6.99. The lowest BCUT2D eigenvalue weighted by atomic mass is 9.94. The monoisotopic (exact) mass is 400 g/mol. The highest BCUT2D eigenvalue weighted by Gasteiger charge is 2.09. The fourth-order valence-electron chi connectivity index (χ4n) is 3.07. The normalized spacial score (nSPS) is 11.3. The van der Waals surface area contributed by atoms with E-state index in [9.17, 15) is 4.39 Å². The zero-order valence-electron chi connectivity index (χ0n) is 17.1. The SMILES string of the molecule is C=CCOc1ccc(-c2cc(C#CCCCC(C)F)ccc2-c2cncnc2)cc1. The number of alkyl halides is 1. The van der Waals surface area contributed by atoms with Gasteiger partial charge in [-0.1, -0.05) is 42.7 Å². The van der Waals surface area contributed by atoms with Gasteiger partial charge >= 0.3 is 0 Å². The molecular weight excluding hydrogens is 375 g/mol. The Balaban J connectivity index is 1.91. The highest BCUT2D eigenvalue weighted by molar-refractivity contribution is 5.84. The molecule has 2 aromatic carbocycles. The number of nitrogens with zero attached hydrogens (tertiary/aromatic N) is 2. The van der Waals surface area contributed by atoms with E-state index in [1.54, 1.807) is 25.4 Å². The van der Waals surface area contributed by atoms with Crippen LogP contribution in [0.15, 0.2) is 73.8 Å². The molecule has 0 saturated carbocycles. The van der Waals surface area contributed by atoms with Gasteiger partial charge in [-0.25, -0.2) is 14.4 Å². The molecular formula is C26H25FN2O. The summed E-state index contributed by atoms with van der Waals surface area (Å²) in [7, 11) is 0. The van der Waals surface area contributed by atoms with Crippen LogP contribution in [-0.2, 0) is 0 Å². The highest BCUT2D eigenvalue weighted by atomic mass is 19.1. The summed E-state index contributed by atoms with van der Waals surface area (Å²) in [4.78, 5) is 8.30. The third-order valence-electron chi connectivity index (χ3n) is 4.56. The van der Waals surface area contributed by atoms with Gasteiger partial charge in [-0.2, -0.15) is 0 Å². The molecule has 0 radical (unpaired) electrons. The minimum absolute atomic E-state index is 0.470. The first kappa shape index (κ1) is 21.3. The van der Waals surface area contributed by atoms with Gasteiger partial charge in [-0.05, 0) is 60.7 Å². The van der Waals surface area contributed by atoms with E-state index in [1.165, 1.54) is 6.33 Å². The van der Waals surface area contributed by atoms with Crippen molar-refractivity contribution in [3.8, 4) is 39.8 Å². The fourth-order valence-corrected chi connectivity index (χ4v) is 3.07. The molecule has 1 unspecified atom stereocenters. The first-order valence-electron chi connectivity index (χ1n) is 10.0. The molecule has 0 aliphatic heterocycles. The number of hydrogen-bond donors (Lipinski definition) is 0. The Bertz CT molecular complexity index is 1020. The van der Waals surface area contributed by atoms with E-state index in [0.29, 0.717) is 19.4 Å². The number of benzene rings is 2. The van der Waals surface area contributed by atoms with Gasteiger partial charge in [0.05, 0.1) is 6.17 Å². The zero-order chi connectivity index (χ0) is 21.2. The average Bonchev–Trinajstić information content (AvgIpc) is 2.78. The summed E-state index contributed by atoms with van der Waals surface area (Å²) in [5, 5.41) is 0. The van der Waals surface area contributed by atoms with Crippen molar-refractivity contribution in [3.63, 3.8) is 0 Å². The van der Waals surface area contributed by atoms with Gasteiger partial charge in [0.15, 0.2) is 0 Å². The summed E-state index contributed by atoms with van der Waals surface area (Å²) in [6.07, 6.45) is 8.08. The molecule has 3 nitrogen and oxygen atoms in total. The summed E-state index contributed by atoms with van der Waals surface area (Å²) in [5.74, 6) is 7.16. The van der Waals surface area contributed by atoms with Crippen molar-refractivity contribution in [1.29, 1.82) is 0 Å². The molecule has 0 saturated heterocycles. The van der Waals surface area contributed by atoms with Crippen molar-refractivity contribution >= 4 is 0 Å². The van der Waals surface area contributed by atoms with Gasteiger partial charge in [-0.3, -0.25) is 0 Å². The molecule has 0 amide bonds. The molecule has 152 valence electrons. The molecule has 3 rings (SSSR count). The number of halogens is 1. The van der Waals surface area contributed by atoms with Crippen LogP contribution in [0, 0.1) is 11.8 Å². The first-order valence-corrected chi connectivity index (χ1v) is 10.0. The van der Waals surface area contributed by atoms with Crippen molar-refractivity contribution < 1.29 is 9.13 Å². The van der Waals surface area contributed by atoms with Crippen LogP contribution in [-0.4, -0.2) is 22.7 Å². The highest BCUT2D eigenvalue weighted by Crippen LogP contribution is 2.33. The maximum atomic E-state index is 12.9. The van der Waals surface area contributed by atoms with Gasteiger partial charge in [-0.15, -0.1) is 0 Å². The van der Waals surface area contributed by atoms with Crippen LogP contribution in [0.4, 0.5) is 4.39 Å². The molecule has 1 atom stereocenters. The summed E-state index contributed by atoms with van der Waals surface area (Å²) in [5.41, 5.74) is 4.99. The van der Waals surface area contributed by atoms with E-state index in [-0.39, 0.29) is 0 Å². The summed E-state index contributed by atoms with van der Waals surface area (Å²) in [6, 6.07) is 14.1. The molecule has 1 heterocycles. The Labute approximate surface area is 177 Å². The lowest BCUT2D eigenvalue weighted by molar-refractivity contribution is 0.336. The van der Waals surface area contributed by atoms with Gasteiger partial charge in [0.1, 0.15) is 18.7 Å². The van der Waals surface area contributed by atoms with Crippen molar-refractivity contribution in [2.45, 2.75) is 32.4 Å². The first-order chi connectivity index (χ1) is 14.7. The Hall–Kier alpha value is -3.45. The predicted octanol–water partition coefficient (Wildman–Crippen LogP) is 6.26. The Kier molecular flexibility index (Phi) is 7.74. The molecule has 1 aromatic heterocycles. The zero-order valence-corrected chi connectivity index (χ0v) is 17.1. The van der Waals surface area contributed by atoms with E-state index >= 15 is 0 Å². The molecule has 0 N–H and O–H groups in total. The molecule has 0 aliphatic carbocycles. The second kappa shape index (κ2) is 10.9. The van der Waals surface area contributed by atoms with Crippen molar-refractivity contribution in [1.82, 2.24) is 9.97 Å². The minimum Gasteiger partial charge on any atom is -0.490 e. The van der Waals surface area contributed by atoms with Crippen LogP contribution in [0.25, 0.3) is 22.3 Å². The number of hydrogen-bond acceptors (Lipinski definition) is 3. The maximum absolute atomic E-state index is 12.9. The number of rotatable bonds is 8. The van der Waals surface area contributed by atoms with Crippen LogP contribution in [0.1, 0.15) is 31.7 Å². The summed E-state index contributed by atoms with van der Waals surface area (Å²) in [6.45, 7) is 5.73. The molecule has 0 aliphatic rings. The molecule has 0 fully saturated rings. The van der Waals surface area contributed by atoms with Crippen molar-refractivity contribution in [2.24, 2.45) is 0 Å². The number of unbranched alkanes of at least 4 members (excludes halogenated alkanes) is 1. The number of ether oxygens (including phenoxy) is 1. The number of aromatic nitrogens is 2. The van der Waals surface area contributed by atoms with E-state index in [4.69, 9.17) is 4.74 Å². The third-order valence-corrected chi connectivity index (χ3v) is 4.56. The molecule has 3 aromatic rings. The molecule has 4 heteroatoms. The maximum Gasteiger partial charge on any atom is 0.119 e. The molecule has 0 bridgehead atoms. The van der Waals surface area contributed by atoms with E-state index in [2.05, 4.69) is 34.5 Å². The summed E-state index contributed by atoms with van der Waals surface area (Å²) >= 11 is 0. The largest absolute Gasteiger partial charge is 0.490 e. The summed E-state index contributed by atoms with van der Waals surface area (Å²) < 4.78 is 18.5. The van der Waals surface area contributed by atoms with Crippen LogP contribution in [0.3, 0.4) is 0 Å². The lowest BCUT2D eigenvalue weighted by Crippen LogP contribution is -1.93. The van der Waals surface area contributed by atoms with Gasteiger partial charge in [0, 0.05) is 29.9 Å². The Morgan fingerprint density at radius 3 is 2.53 bits per heavy atom. The van der Waals surface area contributed by atoms with Crippen molar-refractivity contribution in [3.05, 3.63) is 79.4 Å². The molecule has 30 heavy (non-hydrogen) atoms. The van der Waals surface area contributed by atoms with E-state index in [1.807, 2.05) is 36.4 Å². The Morgan fingerprint density at radius 1 is 1.07 bits per heavy atom. The lowest BCUT2D eigenvalue weighted by Gasteiger charge is -2.11. The quantitative estimate of drug-likeness (QED) is 0.254. The minimum atomic E-state index is -0.774. The molecule has 0 spiro atoms. The third kappa shape index (κ3) is 6.02. The van der Waals surface area contributed by atoms with Crippen LogP contribution < -0.4 is 4.74 Å². The van der Waals surface area contributed by atoms with E-state index < -0.39 is 6.17 Å². The van der Waals surface area contributed by atoms with Gasteiger partial charge < -0.3 is 4.74 Å². The van der Waals surface area contributed by atoms with Gasteiger partial charge in [0.25, 0.3) is 0 Å². The standard InChI is InChI=1S/C26H25FN2O/c1-3-15-30-24-12-10-22(11-13-24)26-16-21(8-6-4-5-7-20(2)27)9-14-25(26)23-17-28-19-29-18-23/h3,9-14,16-20H,1,4-5,7,15H2,2H3. The second-order valence-electron chi connectivity index (χ2n) is 6.99. The predicted molar refractivity (Wildman–Crippen MR) is 120 cm³/mol. The fraction of sp³-hybridized carbons (Fsp3) is 0.231. The van der Waals surface area contributed by atoms with Crippen LogP contribution >= 0.6 is 0 Å². The van der Waals surface area contributed by atoms with Crippen LogP contribution in [0.5, 0.6) is 5.75 Å². The van der Waals surface area contributed by atoms with E-state index in [0.717, 1.165) is 40.0 Å².